The average Bonchev–Trinajstić information content (AvgIpc) is 2.64. The van der Waals surface area contributed by atoms with Crippen LogP contribution in [0.3, 0.4) is 0 Å². The zero-order chi connectivity index (χ0) is 12.6. The van der Waals surface area contributed by atoms with Gasteiger partial charge in [0.05, 0.1) is 0 Å². The van der Waals surface area contributed by atoms with Crippen molar-refractivity contribution in [2.75, 3.05) is 11.4 Å². The predicted octanol–water partition coefficient (Wildman–Crippen LogP) is 3.73. The minimum atomic E-state index is -0.871. The summed E-state index contributed by atoms with van der Waals surface area (Å²) in [5, 5.41) is 0. The normalized spacial score (nSPS) is 20.4. The first-order valence-electron chi connectivity index (χ1n) is 5.92. The molecule has 0 bridgehead atoms. The SMILES string of the molecule is CC(C)C1CCCN1c1c(F)cc(F)cc1F. The van der Waals surface area contributed by atoms with E-state index in [1.807, 2.05) is 13.8 Å². The first kappa shape index (κ1) is 12.3. The Morgan fingerprint density at radius 3 is 2.29 bits per heavy atom. The molecule has 0 N–H and O–H groups in total. The molecule has 0 radical (unpaired) electrons. The highest BCUT2D eigenvalue weighted by Gasteiger charge is 2.31. The van der Waals surface area contributed by atoms with Crippen molar-refractivity contribution >= 4 is 5.69 Å². The fourth-order valence-corrected chi connectivity index (χ4v) is 2.57. The lowest BCUT2D eigenvalue weighted by Gasteiger charge is -2.30. The van der Waals surface area contributed by atoms with E-state index >= 15 is 0 Å². The van der Waals surface area contributed by atoms with Gasteiger partial charge in [-0.05, 0) is 18.8 Å². The van der Waals surface area contributed by atoms with Gasteiger partial charge in [0.15, 0.2) is 11.6 Å². The van der Waals surface area contributed by atoms with Gasteiger partial charge in [-0.2, -0.15) is 0 Å². The zero-order valence-electron chi connectivity index (χ0n) is 10.0. The molecular weight excluding hydrogens is 227 g/mol. The Hall–Kier alpha value is -1.19. The molecule has 0 spiro atoms. The zero-order valence-corrected chi connectivity index (χ0v) is 10.0. The molecule has 94 valence electrons. The first-order chi connectivity index (χ1) is 8.00. The first-order valence-corrected chi connectivity index (χ1v) is 5.92. The number of hydrogen-bond donors (Lipinski definition) is 0. The Morgan fingerprint density at radius 2 is 1.76 bits per heavy atom. The molecule has 2 rings (SSSR count). The van der Waals surface area contributed by atoms with Gasteiger partial charge in [0.1, 0.15) is 11.5 Å². The molecule has 1 unspecified atom stereocenters. The van der Waals surface area contributed by atoms with Gasteiger partial charge in [0.2, 0.25) is 0 Å². The van der Waals surface area contributed by atoms with E-state index in [4.69, 9.17) is 0 Å². The van der Waals surface area contributed by atoms with E-state index in [-0.39, 0.29) is 11.7 Å². The quantitative estimate of drug-likeness (QED) is 0.765. The lowest BCUT2D eigenvalue weighted by Crippen LogP contribution is -2.34. The number of halogens is 3. The molecule has 1 aliphatic rings. The minimum Gasteiger partial charge on any atom is -0.364 e. The van der Waals surface area contributed by atoms with Crippen molar-refractivity contribution in [2.45, 2.75) is 32.7 Å². The van der Waals surface area contributed by atoms with E-state index in [0.29, 0.717) is 12.5 Å². The maximum atomic E-state index is 13.7. The van der Waals surface area contributed by atoms with Crippen LogP contribution in [0.5, 0.6) is 0 Å². The summed E-state index contributed by atoms with van der Waals surface area (Å²) in [6.07, 6.45) is 1.84. The van der Waals surface area contributed by atoms with E-state index in [2.05, 4.69) is 0 Å². The largest absolute Gasteiger partial charge is 0.364 e. The van der Waals surface area contributed by atoms with Crippen molar-refractivity contribution in [2.24, 2.45) is 5.92 Å². The van der Waals surface area contributed by atoms with E-state index < -0.39 is 17.5 Å². The van der Waals surface area contributed by atoms with Crippen LogP contribution in [0.25, 0.3) is 0 Å². The number of anilines is 1. The highest BCUT2D eigenvalue weighted by molar-refractivity contribution is 5.51. The molecule has 17 heavy (non-hydrogen) atoms. The van der Waals surface area contributed by atoms with Crippen LogP contribution in [0, 0.1) is 23.4 Å². The van der Waals surface area contributed by atoms with Crippen LogP contribution in [0.2, 0.25) is 0 Å². The van der Waals surface area contributed by atoms with Gasteiger partial charge in [-0.15, -0.1) is 0 Å². The van der Waals surface area contributed by atoms with Crippen LogP contribution in [0.4, 0.5) is 18.9 Å². The van der Waals surface area contributed by atoms with Gasteiger partial charge in [-0.1, -0.05) is 13.8 Å². The van der Waals surface area contributed by atoms with E-state index in [0.717, 1.165) is 25.0 Å². The second-order valence-electron chi connectivity index (χ2n) is 4.87. The predicted molar refractivity (Wildman–Crippen MR) is 61.5 cm³/mol. The van der Waals surface area contributed by atoms with Crippen LogP contribution >= 0.6 is 0 Å². The van der Waals surface area contributed by atoms with E-state index in [1.165, 1.54) is 0 Å². The standard InChI is InChI=1S/C13H16F3N/c1-8(2)12-4-3-5-17(12)13-10(15)6-9(14)7-11(13)16/h6-8,12H,3-5H2,1-2H3. The van der Waals surface area contributed by atoms with Crippen LogP contribution < -0.4 is 4.90 Å². The molecule has 0 saturated carbocycles. The highest BCUT2D eigenvalue weighted by Crippen LogP contribution is 2.33. The molecule has 0 aliphatic carbocycles. The molecule has 1 heterocycles. The Labute approximate surface area is 99.2 Å². The van der Waals surface area contributed by atoms with Crippen molar-refractivity contribution < 1.29 is 13.2 Å². The Morgan fingerprint density at radius 1 is 1.18 bits per heavy atom. The summed E-state index contributed by atoms with van der Waals surface area (Å²) in [4.78, 5) is 1.73. The second kappa shape index (κ2) is 4.59. The summed E-state index contributed by atoms with van der Waals surface area (Å²) >= 11 is 0. The molecule has 1 nitrogen and oxygen atoms in total. The Bertz CT molecular complexity index is 394. The summed E-state index contributed by atoms with van der Waals surface area (Å²) < 4.78 is 40.2. The van der Waals surface area contributed by atoms with Crippen LogP contribution in [-0.2, 0) is 0 Å². The Balaban J connectivity index is 2.40. The number of benzene rings is 1. The number of hydrogen-bond acceptors (Lipinski definition) is 1. The van der Waals surface area contributed by atoms with Crippen molar-refractivity contribution in [1.82, 2.24) is 0 Å². The van der Waals surface area contributed by atoms with Gasteiger partial charge < -0.3 is 4.90 Å². The van der Waals surface area contributed by atoms with Gasteiger partial charge in [0.25, 0.3) is 0 Å². The molecule has 1 aromatic rings. The number of nitrogens with zero attached hydrogens (tertiary/aromatic N) is 1. The fourth-order valence-electron chi connectivity index (χ4n) is 2.57. The fraction of sp³-hybridized carbons (Fsp3) is 0.538. The molecule has 4 heteroatoms. The minimum absolute atomic E-state index is 0.0809. The molecule has 1 fully saturated rings. The molecular formula is C13H16F3N. The van der Waals surface area contributed by atoms with Crippen molar-refractivity contribution in [3.05, 3.63) is 29.6 Å². The summed E-state index contributed by atoms with van der Waals surface area (Å²) in [5.74, 6) is -2.17. The molecule has 1 saturated heterocycles. The third kappa shape index (κ3) is 2.26. The smallest absolute Gasteiger partial charge is 0.152 e. The summed E-state index contributed by atoms with van der Waals surface area (Å²) in [6.45, 7) is 4.69. The third-order valence-corrected chi connectivity index (χ3v) is 3.34. The Kier molecular flexibility index (Phi) is 3.31. The second-order valence-corrected chi connectivity index (χ2v) is 4.87. The molecule has 0 amide bonds. The van der Waals surface area contributed by atoms with Crippen LogP contribution in [0.15, 0.2) is 12.1 Å². The molecule has 0 aromatic heterocycles. The average molecular weight is 243 g/mol. The van der Waals surface area contributed by atoms with Crippen LogP contribution in [0.1, 0.15) is 26.7 Å². The van der Waals surface area contributed by atoms with Gasteiger partial charge in [0, 0.05) is 24.7 Å². The summed E-state index contributed by atoms with van der Waals surface area (Å²) in [5.41, 5.74) is -0.0809. The lowest BCUT2D eigenvalue weighted by molar-refractivity contribution is 0.473. The lowest BCUT2D eigenvalue weighted by atomic mass is 10.0. The van der Waals surface area contributed by atoms with Crippen LogP contribution in [-0.4, -0.2) is 12.6 Å². The number of rotatable bonds is 2. The van der Waals surface area contributed by atoms with Gasteiger partial charge in [-0.25, -0.2) is 13.2 Å². The monoisotopic (exact) mass is 243 g/mol. The molecule has 1 aliphatic heterocycles. The van der Waals surface area contributed by atoms with E-state index in [1.54, 1.807) is 4.90 Å². The maximum Gasteiger partial charge on any atom is 0.152 e. The van der Waals surface area contributed by atoms with Gasteiger partial charge in [-0.3, -0.25) is 0 Å². The van der Waals surface area contributed by atoms with E-state index in [9.17, 15) is 13.2 Å². The highest BCUT2D eigenvalue weighted by atomic mass is 19.1. The van der Waals surface area contributed by atoms with Crippen molar-refractivity contribution in [3.8, 4) is 0 Å². The van der Waals surface area contributed by atoms with Gasteiger partial charge >= 0.3 is 0 Å². The van der Waals surface area contributed by atoms with Crippen molar-refractivity contribution in [1.29, 1.82) is 0 Å². The summed E-state index contributed by atoms with van der Waals surface area (Å²) in [6, 6.07) is 1.62. The van der Waals surface area contributed by atoms with Crippen molar-refractivity contribution in [3.63, 3.8) is 0 Å². The summed E-state index contributed by atoms with van der Waals surface area (Å²) in [7, 11) is 0. The molecule has 1 aromatic carbocycles. The molecule has 1 atom stereocenters. The topological polar surface area (TPSA) is 3.24 Å². The third-order valence-electron chi connectivity index (χ3n) is 3.34. The maximum absolute atomic E-state index is 13.7.